The van der Waals surface area contributed by atoms with Gasteiger partial charge in [-0.3, -0.25) is 4.79 Å². The van der Waals surface area contributed by atoms with E-state index < -0.39 is 11.6 Å². The van der Waals surface area contributed by atoms with Crippen molar-refractivity contribution < 1.29 is 19.1 Å². The predicted octanol–water partition coefficient (Wildman–Crippen LogP) is 4.32. The maximum absolute atomic E-state index is 12.8. The van der Waals surface area contributed by atoms with Crippen LogP contribution in [0.25, 0.3) is 22.6 Å². The molecule has 0 aliphatic rings. The van der Waals surface area contributed by atoms with Gasteiger partial charge in [-0.05, 0) is 51.0 Å². The van der Waals surface area contributed by atoms with Crippen molar-refractivity contribution in [3.05, 3.63) is 78.0 Å². The molecular weight excluding hydrogens is 444 g/mol. The Morgan fingerprint density at radius 1 is 1.00 bits per heavy atom. The quantitative estimate of drug-likeness (QED) is 0.370. The Bertz CT molecular complexity index is 1310. The summed E-state index contributed by atoms with van der Waals surface area (Å²) in [6, 6.07) is 18.8. The summed E-state index contributed by atoms with van der Waals surface area (Å²) in [7, 11) is 0. The van der Waals surface area contributed by atoms with Crippen LogP contribution in [0.5, 0.6) is 5.75 Å². The second-order valence-electron chi connectivity index (χ2n) is 9.03. The molecule has 180 valence electrons. The zero-order valence-electron chi connectivity index (χ0n) is 20.0. The summed E-state index contributed by atoms with van der Waals surface area (Å²) in [6.45, 7) is 5.75. The van der Waals surface area contributed by atoms with E-state index >= 15 is 0 Å². The number of imidazole rings is 1. The van der Waals surface area contributed by atoms with Gasteiger partial charge in [-0.25, -0.2) is 14.8 Å². The molecular formula is C27H28N4O4. The standard InChI is InChI=1S/C27H28N4O4/c1-27(2,3)35-22(32)17-34-20-11-9-18(10-12-20)13-15-29-26(33)21-14-16-28-25-23(21)30-24(31-25)19-7-5-4-6-8-19/h4-12,14,16H,13,15,17H2,1-3H3,(H,29,33)(H,28,30,31). The molecule has 0 aliphatic carbocycles. The highest BCUT2D eigenvalue weighted by Gasteiger charge is 2.17. The van der Waals surface area contributed by atoms with Crippen molar-refractivity contribution >= 4 is 23.0 Å². The number of aromatic nitrogens is 3. The lowest BCUT2D eigenvalue weighted by Gasteiger charge is -2.19. The Kier molecular flexibility index (Phi) is 7.10. The zero-order chi connectivity index (χ0) is 24.8. The Balaban J connectivity index is 1.31. The highest BCUT2D eigenvalue weighted by atomic mass is 16.6. The van der Waals surface area contributed by atoms with E-state index in [1.54, 1.807) is 24.4 Å². The van der Waals surface area contributed by atoms with E-state index in [4.69, 9.17) is 9.47 Å². The zero-order valence-corrected chi connectivity index (χ0v) is 20.0. The molecule has 2 N–H and O–H groups in total. The second kappa shape index (κ2) is 10.4. The lowest BCUT2D eigenvalue weighted by Crippen LogP contribution is -2.27. The number of carbonyl (C=O) groups excluding carboxylic acids is 2. The third-order valence-corrected chi connectivity index (χ3v) is 5.08. The van der Waals surface area contributed by atoms with Gasteiger partial charge in [-0.1, -0.05) is 42.5 Å². The minimum atomic E-state index is -0.543. The van der Waals surface area contributed by atoms with Gasteiger partial charge < -0.3 is 19.8 Å². The molecule has 0 radical (unpaired) electrons. The third kappa shape index (κ3) is 6.44. The number of nitrogens with zero attached hydrogens (tertiary/aromatic N) is 2. The van der Waals surface area contributed by atoms with Crippen LogP contribution in [0.2, 0.25) is 0 Å². The maximum Gasteiger partial charge on any atom is 0.344 e. The van der Waals surface area contributed by atoms with E-state index in [1.807, 2.05) is 63.2 Å². The van der Waals surface area contributed by atoms with Crippen molar-refractivity contribution in [2.75, 3.05) is 13.2 Å². The molecule has 35 heavy (non-hydrogen) atoms. The number of pyridine rings is 1. The Labute approximate surface area is 203 Å². The lowest BCUT2D eigenvalue weighted by molar-refractivity contribution is -0.157. The molecule has 1 amide bonds. The molecule has 4 aromatic rings. The molecule has 0 unspecified atom stereocenters. The number of nitrogens with one attached hydrogen (secondary N) is 2. The summed E-state index contributed by atoms with van der Waals surface area (Å²) in [5, 5.41) is 2.96. The van der Waals surface area contributed by atoms with Crippen LogP contribution >= 0.6 is 0 Å². The largest absolute Gasteiger partial charge is 0.482 e. The number of H-pyrrole nitrogens is 1. The molecule has 0 saturated carbocycles. The number of hydrogen-bond acceptors (Lipinski definition) is 6. The van der Waals surface area contributed by atoms with E-state index in [9.17, 15) is 9.59 Å². The van der Waals surface area contributed by atoms with Gasteiger partial charge in [0.2, 0.25) is 0 Å². The van der Waals surface area contributed by atoms with Crippen molar-refractivity contribution in [1.29, 1.82) is 0 Å². The van der Waals surface area contributed by atoms with Crippen molar-refractivity contribution in [2.45, 2.75) is 32.8 Å². The lowest BCUT2D eigenvalue weighted by atomic mass is 10.1. The van der Waals surface area contributed by atoms with Crippen molar-refractivity contribution in [2.24, 2.45) is 0 Å². The molecule has 2 aromatic carbocycles. The van der Waals surface area contributed by atoms with Gasteiger partial charge in [-0.2, -0.15) is 0 Å². The minimum absolute atomic E-state index is 0.146. The molecule has 4 rings (SSSR count). The van der Waals surface area contributed by atoms with E-state index in [0.29, 0.717) is 41.3 Å². The first-order valence-corrected chi connectivity index (χ1v) is 11.4. The van der Waals surface area contributed by atoms with Gasteiger partial charge in [-0.15, -0.1) is 0 Å². The number of amides is 1. The fourth-order valence-electron chi connectivity index (χ4n) is 3.51. The Morgan fingerprint density at radius 3 is 2.46 bits per heavy atom. The monoisotopic (exact) mass is 472 g/mol. The number of ether oxygens (including phenoxy) is 2. The van der Waals surface area contributed by atoms with Crippen LogP contribution in [0.1, 0.15) is 36.7 Å². The van der Waals surface area contributed by atoms with Gasteiger partial charge in [0.1, 0.15) is 17.2 Å². The van der Waals surface area contributed by atoms with Crippen molar-refractivity contribution in [3.63, 3.8) is 0 Å². The normalized spacial score (nSPS) is 11.3. The summed E-state index contributed by atoms with van der Waals surface area (Å²) < 4.78 is 10.7. The highest BCUT2D eigenvalue weighted by molar-refractivity contribution is 6.04. The molecule has 2 aromatic heterocycles. The SMILES string of the molecule is CC(C)(C)OC(=O)COc1ccc(CCNC(=O)c2ccnc3nc(-c4ccccc4)[nH]c23)cc1. The smallest absolute Gasteiger partial charge is 0.344 e. The predicted molar refractivity (Wildman–Crippen MR) is 133 cm³/mol. The van der Waals surface area contributed by atoms with E-state index in [1.165, 1.54) is 0 Å². The summed E-state index contributed by atoms with van der Waals surface area (Å²) in [6.07, 6.45) is 2.23. The highest BCUT2D eigenvalue weighted by Crippen LogP contribution is 2.21. The Morgan fingerprint density at radius 2 is 1.74 bits per heavy atom. The molecule has 0 aliphatic heterocycles. The minimum Gasteiger partial charge on any atom is -0.482 e. The van der Waals surface area contributed by atoms with Crippen LogP contribution in [-0.4, -0.2) is 45.6 Å². The molecule has 0 bridgehead atoms. The van der Waals surface area contributed by atoms with Crippen LogP contribution in [-0.2, 0) is 16.0 Å². The van der Waals surface area contributed by atoms with Gasteiger partial charge >= 0.3 is 5.97 Å². The molecule has 0 atom stereocenters. The average Bonchev–Trinajstić information content (AvgIpc) is 3.27. The first-order chi connectivity index (χ1) is 16.8. The van der Waals surface area contributed by atoms with E-state index in [2.05, 4.69) is 20.3 Å². The van der Waals surface area contributed by atoms with E-state index in [0.717, 1.165) is 11.1 Å². The molecule has 0 saturated heterocycles. The third-order valence-electron chi connectivity index (χ3n) is 5.08. The summed E-state index contributed by atoms with van der Waals surface area (Å²) in [4.78, 5) is 36.7. The summed E-state index contributed by atoms with van der Waals surface area (Å²) in [5.41, 5.74) is 3.01. The molecule has 2 heterocycles. The van der Waals surface area contributed by atoms with Crippen LogP contribution in [0, 0.1) is 0 Å². The number of rotatable bonds is 8. The molecule has 0 spiro atoms. The molecule has 8 heteroatoms. The van der Waals surface area contributed by atoms with Crippen molar-refractivity contribution in [3.8, 4) is 17.1 Å². The number of esters is 1. The van der Waals surface area contributed by atoms with Gasteiger partial charge in [0.25, 0.3) is 5.91 Å². The van der Waals surface area contributed by atoms with Crippen LogP contribution < -0.4 is 10.1 Å². The number of aromatic amines is 1. The van der Waals surface area contributed by atoms with Gasteiger partial charge in [0, 0.05) is 18.3 Å². The topological polar surface area (TPSA) is 106 Å². The first-order valence-electron chi connectivity index (χ1n) is 11.4. The average molecular weight is 473 g/mol. The maximum atomic E-state index is 12.8. The molecule has 8 nitrogen and oxygen atoms in total. The molecule has 0 fully saturated rings. The van der Waals surface area contributed by atoms with Gasteiger partial charge in [0.15, 0.2) is 12.3 Å². The fourth-order valence-corrected chi connectivity index (χ4v) is 3.51. The number of carbonyl (C=O) groups is 2. The summed E-state index contributed by atoms with van der Waals surface area (Å²) >= 11 is 0. The van der Waals surface area contributed by atoms with E-state index in [-0.39, 0.29) is 12.5 Å². The first kappa shape index (κ1) is 23.9. The van der Waals surface area contributed by atoms with Crippen LogP contribution in [0.4, 0.5) is 0 Å². The number of benzene rings is 2. The van der Waals surface area contributed by atoms with Gasteiger partial charge in [0.05, 0.1) is 11.1 Å². The van der Waals surface area contributed by atoms with Crippen molar-refractivity contribution in [1.82, 2.24) is 20.3 Å². The number of fused-ring (bicyclic) bond motifs is 1. The van der Waals surface area contributed by atoms with Crippen LogP contribution in [0.3, 0.4) is 0 Å². The Hall–Kier alpha value is -4.20. The number of hydrogen-bond donors (Lipinski definition) is 2. The van der Waals surface area contributed by atoms with Crippen LogP contribution in [0.15, 0.2) is 66.9 Å². The summed E-state index contributed by atoms with van der Waals surface area (Å²) in [5.74, 6) is 0.638. The fraction of sp³-hybridized carbons (Fsp3) is 0.259. The second-order valence-corrected chi connectivity index (χ2v) is 9.03.